The molecule has 0 atom stereocenters. The number of likely N-dealkylation sites (tertiary alicyclic amines) is 2. The lowest BCUT2D eigenvalue weighted by atomic mass is 9.91. The van der Waals surface area contributed by atoms with Gasteiger partial charge in [-0.1, -0.05) is 0 Å². The number of rotatable bonds is 3. The molecule has 6 nitrogen and oxygen atoms in total. The van der Waals surface area contributed by atoms with Crippen LogP contribution in [-0.4, -0.2) is 57.9 Å². The molecule has 9 heteroatoms. The predicted octanol–water partition coefficient (Wildman–Crippen LogP) is 1.95. The molecule has 0 unspecified atom stereocenters. The molecule has 0 aliphatic carbocycles. The lowest BCUT2D eigenvalue weighted by Crippen LogP contribution is -2.55. The molecule has 25 heavy (non-hydrogen) atoms. The molecule has 1 aromatic heterocycles. The van der Waals surface area contributed by atoms with Crippen molar-refractivity contribution < 1.29 is 18.0 Å². The van der Waals surface area contributed by atoms with Crippen molar-refractivity contribution in [3.8, 4) is 6.07 Å². The average molecular weight is 353 g/mol. The van der Waals surface area contributed by atoms with Crippen molar-refractivity contribution in [2.45, 2.75) is 31.5 Å². The van der Waals surface area contributed by atoms with Gasteiger partial charge >= 0.3 is 6.18 Å². The molecular weight excluding hydrogens is 335 g/mol. The van der Waals surface area contributed by atoms with Crippen molar-refractivity contribution in [1.29, 1.82) is 5.26 Å². The van der Waals surface area contributed by atoms with Gasteiger partial charge in [-0.05, 0) is 24.8 Å². The fraction of sp³-hybridized carbons (Fsp3) is 0.625. The number of amides is 1. The van der Waals surface area contributed by atoms with Crippen LogP contribution in [0.25, 0.3) is 0 Å². The molecule has 2 aliphatic heterocycles. The summed E-state index contributed by atoms with van der Waals surface area (Å²) in [4.78, 5) is 22.8. The van der Waals surface area contributed by atoms with Gasteiger partial charge in [-0.3, -0.25) is 9.69 Å². The second-order valence-corrected chi connectivity index (χ2v) is 6.47. The molecule has 2 fully saturated rings. The fourth-order valence-electron chi connectivity index (χ4n) is 3.38. The number of alkyl halides is 3. The van der Waals surface area contributed by atoms with E-state index in [9.17, 15) is 18.0 Å². The molecule has 2 saturated heterocycles. The Hall–Kier alpha value is -2.21. The van der Waals surface area contributed by atoms with E-state index in [-0.39, 0.29) is 5.69 Å². The van der Waals surface area contributed by atoms with Crippen LogP contribution in [0.15, 0.2) is 12.3 Å². The maximum atomic E-state index is 12.7. The van der Waals surface area contributed by atoms with E-state index in [1.807, 2.05) is 0 Å². The molecule has 3 heterocycles. The number of piperidine rings is 1. The largest absolute Gasteiger partial charge is 0.451 e. The molecule has 0 N–H and O–H groups in total. The monoisotopic (exact) mass is 353 g/mol. The normalized spacial score (nSPS) is 20.2. The van der Waals surface area contributed by atoms with Gasteiger partial charge in [0.2, 0.25) is 5.82 Å². The topological polar surface area (TPSA) is 73.1 Å². The van der Waals surface area contributed by atoms with Crippen molar-refractivity contribution in [2.24, 2.45) is 5.92 Å². The first-order chi connectivity index (χ1) is 11.9. The van der Waals surface area contributed by atoms with E-state index in [1.165, 1.54) is 6.07 Å². The summed E-state index contributed by atoms with van der Waals surface area (Å²) in [6.45, 7) is 2.81. The second-order valence-electron chi connectivity index (χ2n) is 6.47. The van der Waals surface area contributed by atoms with Gasteiger partial charge in [-0.15, -0.1) is 0 Å². The van der Waals surface area contributed by atoms with Gasteiger partial charge < -0.3 is 4.90 Å². The molecule has 0 radical (unpaired) electrons. The maximum absolute atomic E-state index is 12.7. The van der Waals surface area contributed by atoms with Crippen molar-refractivity contribution in [1.82, 2.24) is 19.8 Å². The van der Waals surface area contributed by atoms with Crippen molar-refractivity contribution in [3.05, 3.63) is 23.8 Å². The fourth-order valence-corrected chi connectivity index (χ4v) is 3.38. The number of carbonyl (C=O) groups is 1. The zero-order valence-electron chi connectivity index (χ0n) is 13.5. The third-order valence-electron chi connectivity index (χ3n) is 4.76. The molecule has 0 spiro atoms. The summed E-state index contributed by atoms with van der Waals surface area (Å²) in [5.74, 6) is -1.35. The minimum absolute atomic E-state index is 0.223. The van der Waals surface area contributed by atoms with Gasteiger partial charge in [-0.2, -0.15) is 18.4 Å². The van der Waals surface area contributed by atoms with Crippen LogP contribution in [0.4, 0.5) is 13.2 Å². The van der Waals surface area contributed by atoms with Gasteiger partial charge in [-0.25, -0.2) is 9.97 Å². The summed E-state index contributed by atoms with van der Waals surface area (Å²) < 4.78 is 38.0. The van der Waals surface area contributed by atoms with Crippen LogP contribution in [0.5, 0.6) is 0 Å². The third kappa shape index (κ3) is 3.90. The number of carbonyl (C=O) groups excluding carboxylic acids is 1. The van der Waals surface area contributed by atoms with E-state index in [4.69, 9.17) is 5.26 Å². The molecule has 0 bridgehead atoms. The van der Waals surface area contributed by atoms with E-state index in [0.717, 1.165) is 32.1 Å². The molecule has 3 rings (SSSR count). The standard InChI is InChI=1S/C16H18F3N5O/c17-16(18,19)15-21-6-2-13(22-15)14(25)23-7-3-12(4-8-23)24-9-11(10-24)1-5-20/h2,6,11-12H,1,3-4,7-10H2. The minimum Gasteiger partial charge on any atom is -0.337 e. The number of hydrogen-bond donors (Lipinski definition) is 0. The maximum Gasteiger partial charge on any atom is 0.451 e. The van der Waals surface area contributed by atoms with Crippen LogP contribution >= 0.6 is 0 Å². The van der Waals surface area contributed by atoms with Crippen molar-refractivity contribution in [3.63, 3.8) is 0 Å². The highest BCUT2D eigenvalue weighted by Crippen LogP contribution is 2.28. The number of nitrogens with zero attached hydrogens (tertiary/aromatic N) is 5. The number of aromatic nitrogens is 2. The predicted molar refractivity (Wildman–Crippen MR) is 81.3 cm³/mol. The Bertz CT molecular complexity index is 673. The number of halogens is 3. The molecule has 2 aliphatic rings. The van der Waals surface area contributed by atoms with E-state index >= 15 is 0 Å². The summed E-state index contributed by atoms with van der Waals surface area (Å²) in [5, 5.41) is 8.68. The lowest BCUT2D eigenvalue weighted by Gasteiger charge is -2.46. The Kier molecular flexibility index (Phi) is 4.90. The third-order valence-corrected chi connectivity index (χ3v) is 4.76. The van der Waals surface area contributed by atoms with E-state index in [2.05, 4.69) is 20.9 Å². The average Bonchev–Trinajstić information content (AvgIpc) is 2.57. The summed E-state index contributed by atoms with van der Waals surface area (Å²) in [6, 6.07) is 3.76. The lowest BCUT2D eigenvalue weighted by molar-refractivity contribution is -0.145. The Labute approximate surface area is 143 Å². The first-order valence-electron chi connectivity index (χ1n) is 8.19. The number of nitriles is 1. The second kappa shape index (κ2) is 6.96. The van der Waals surface area contributed by atoms with Gasteiger partial charge in [0.05, 0.1) is 6.07 Å². The molecule has 1 aromatic rings. The van der Waals surface area contributed by atoms with Gasteiger partial charge in [0.15, 0.2) is 0 Å². The van der Waals surface area contributed by atoms with Crippen LogP contribution in [0, 0.1) is 17.2 Å². The Balaban J connectivity index is 1.55. The zero-order valence-corrected chi connectivity index (χ0v) is 13.5. The van der Waals surface area contributed by atoms with Gasteiger partial charge in [0.25, 0.3) is 5.91 Å². The summed E-state index contributed by atoms with van der Waals surface area (Å²) in [5.41, 5.74) is -0.223. The molecule has 0 saturated carbocycles. The van der Waals surface area contributed by atoms with Crippen LogP contribution in [0.2, 0.25) is 0 Å². The first kappa shape index (κ1) is 17.6. The Morgan fingerprint density at radius 1 is 1.32 bits per heavy atom. The van der Waals surface area contributed by atoms with Crippen LogP contribution in [0.3, 0.4) is 0 Å². The highest BCUT2D eigenvalue weighted by molar-refractivity contribution is 5.92. The quantitative estimate of drug-likeness (QED) is 0.830. The molecule has 134 valence electrons. The van der Waals surface area contributed by atoms with Gasteiger partial charge in [0, 0.05) is 44.8 Å². The van der Waals surface area contributed by atoms with Crippen LogP contribution in [0.1, 0.15) is 35.6 Å². The first-order valence-corrected chi connectivity index (χ1v) is 8.19. The summed E-state index contributed by atoms with van der Waals surface area (Å²) >= 11 is 0. The van der Waals surface area contributed by atoms with Crippen molar-refractivity contribution >= 4 is 5.91 Å². The Morgan fingerprint density at radius 2 is 2.00 bits per heavy atom. The molecule has 1 amide bonds. The zero-order chi connectivity index (χ0) is 18.0. The summed E-state index contributed by atoms with van der Waals surface area (Å²) in [7, 11) is 0. The minimum atomic E-state index is -4.67. The smallest absolute Gasteiger partial charge is 0.337 e. The van der Waals surface area contributed by atoms with E-state index in [1.54, 1.807) is 4.90 Å². The molecular formula is C16H18F3N5O. The number of hydrogen-bond acceptors (Lipinski definition) is 5. The van der Waals surface area contributed by atoms with Crippen LogP contribution in [-0.2, 0) is 6.18 Å². The Morgan fingerprint density at radius 3 is 2.60 bits per heavy atom. The van der Waals surface area contributed by atoms with E-state index < -0.39 is 17.9 Å². The summed E-state index contributed by atoms with van der Waals surface area (Å²) in [6.07, 6.45) is -1.57. The van der Waals surface area contributed by atoms with Crippen molar-refractivity contribution in [2.75, 3.05) is 26.2 Å². The highest BCUT2D eigenvalue weighted by Gasteiger charge is 2.37. The molecule has 0 aromatic carbocycles. The highest BCUT2D eigenvalue weighted by atomic mass is 19.4. The van der Waals surface area contributed by atoms with Crippen LogP contribution < -0.4 is 0 Å². The SMILES string of the molecule is N#CCC1CN(C2CCN(C(=O)c3ccnc(C(F)(F)F)n3)CC2)C1. The van der Waals surface area contributed by atoms with Gasteiger partial charge in [0.1, 0.15) is 5.69 Å². The van der Waals surface area contributed by atoms with E-state index in [0.29, 0.717) is 31.5 Å².